The number of carbonyl (C=O) groups is 1. The van der Waals surface area contributed by atoms with Crippen molar-refractivity contribution in [3.63, 3.8) is 0 Å². The summed E-state index contributed by atoms with van der Waals surface area (Å²) < 4.78 is 5.36. The number of hydrogen-bond donors (Lipinski definition) is 1. The highest BCUT2D eigenvalue weighted by Gasteiger charge is 2.26. The predicted molar refractivity (Wildman–Crippen MR) is 103 cm³/mol. The van der Waals surface area contributed by atoms with E-state index in [1.807, 2.05) is 29.2 Å². The molecule has 3 aromatic rings. The number of likely N-dealkylation sites (tertiary alicyclic amines) is 1. The fraction of sp³-hybridized carbons (Fsp3) is 0.300. The first-order chi connectivity index (χ1) is 13.2. The summed E-state index contributed by atoms with van der Waals surface area (Å²) in [6.07, 6.45) is 6.98. The zero-order chi connectivity index (χ0) is 18.6. The van der Waals surface area contributed by atoms with E-state index in [1.54, 1.807) is 31.9 Å². The minimum Gasteiger partial charge on any atom is -0.497 e. The van der Waals surface area contributed by atoms with Crippen molar-refractivity contribution in [3.8, 4) is 5.75 Å². The third-order valence-electron chi connectivity index (χ3n) is 4.89. The zero-order valence-electron chi connectivity index (χ0n) is 15.1. The van der Waals surface area contributed by atoms with Crippen LogP contribution >= 0.6 is 0 Å². The Labute approximate surface area is 157 Å². The van der Waals surface area contributed by atoms with E-state index in [0.717, 1.165) is 36.0 Å². The lowest BCUT2D eigenvalue weighted by atomic mass is 9.95. The summed E-state index contributed by atoms with van der Waals surface area (Å²) in [7, 11) is 1.61. The Balaban J connectivity index is 1.54. The van der Waals surface area contributed by atoms with Gasteiger partial charge in [0.1, 0.15) is 12.1 Å². The maximum Gasteiger partial charge on any atom is 0.321 e. The largest absolute Gasteiger partial charge is 0.497 e. The molecule has 3 heterocycles. The van der Waals surface area contributed by atoms with Crippen LogP contribution in [-0.4, -0.2) is 46.1 Å². The minimum absolute atomic E-state index is 0.131. The maximum absolute atomic E-state index is 12.9. The SMILES string of the molecule is COc1cc(NC(=O)N2CCC[C@H](c3ccncn3)C2)c2ncccc2c1. The number of urea groups is 1. The molecule has 0 saturated carbocycles. The fourth-order valence-corrected chi connectivity index (χ4v) is 3.52. The molecule has 1 saturated heterocycles. The minimum atomic E-state index is -0.131. The molecule has 1 atom stereocenters. The van der Waals surface area contributed by atoms with Crippen LogP contribution in [0.5, 0.6) is 5.75 Å². The van der Waals surface area contributed by atoms with E-state index in [0.29, 0.717) is 18.0 Å². The molecule has 2 amide bonds. The lowest BCUT2D eigenvalue weighted by Crippen LogP contribution is -2.41. The van der Waals surface area contributed by atoms with Crippen LogP contribution in [0.3, 0.4) is 0 Å². The van der Waals surface area contributed by atoms with Crippen LogP contribution in [0.4, 0.5) is 10.5 Å². The van der Waals surface area contributed by atoms with Gasteiger partial charge in [-0.05, 0) is 31.0 Å². The van der Waals surface area contributed by atoms with E-state index in [-0.39, 0.29) is 11.9 Å². The molecular weight excluding hydrogens is 342 g/mol. The third kappa shape index (κ3) is 3.67. The molecule has 1 aliphatic heterocycles. The quantitative estimate of drug-likeness (QED) is 0.771. The summed E-state index contributed by atoms with van der Waals surface area (Å²) in [5, 5.41) is 3.93. The van der Waals surface area contributed by atoms with Crippen LogP contribution in [0.25, 0.3) is 10.9 Å². The number of amides is 2. The summed E-state index contributed by atoms with van der Waals surface area (Å²) in [6.45, 7) is 1.36. The smallest absolute Gasteiger partial charge is 0.321 e. The third-order valence-corrected chi connectivity index (χ3v) is 4.89. The van der Waals surface area contributed by atoms with Gasteiger partial charge in [0.05, 0.1) is 18.3 Å². The predicted octanol–water partition coefficient (Wildman–Crippen LogP) is 3.44. The number of fused-ring (bicyclic) bond motifs is 1. The van der Waals surface area contributed by atoms with Gasteiger partial charge >= 0.3 is 6.03 Å². The first-order valence-electron chi connectivity index (χ1n) is 8.99. The lowest BCUT2D eigenvalue weighted by molar-refractivity contribution is 0.192. The van der Waals surface area contributed by atoms with E-state index in [4.69, 9.17) is 4.74 Å². The molecule has 0 aliphatic carbocycles. The van der Waals surface area contributed by atoms with Crippen molar-refractivity contribution < 1.29 is 9.53 Å². The molecule has 1 aromatic carbocycles. The normalized spacial score (nSPS) is 16.9. The molecule has 2 aromatic heterocycles. The van der Waals surface area contributed by atoms with Crippen molar-refractivity contribution in [2.75, 3.05) is 25.5 Å². The molecule has 0 radical (unpaired) electrons. The maximum atomic E-state index is 12.9. The molecule has 0 bridgehead atoms. The highest BCUT2D eigenvalue weighted by atomic mass is 16.5. The standard InChI is InChI=1S/C20H21N5O2/c1-27-16-10-14-4-2-7-22-19(14)18(11-16)24-20(26)25-9-3-5-15(12-25)17-6-8-21-13-23-17/h2,4,6-8,10-11,13,15H,3,5,9,12H2,1H3,(H,24,26)/t15-/m0/s1. The van der Waals surface area contributed by atoms with Crippen LogP contribution in [0.15, 0.2) is 49.1 Å². The topological polar surface area (TPSA) is 80.2 Å². The Morgan fingerprint density at radius 3 is 3.00 bits per heavy atom. The first-order valence-corrected chi connectivity index (χ1v) is 8.99. The number of nitrogens with zero attached hydrogens (tertiary/aromatic N) is 4. The molecule has 7 heteroatoms. The monoisotopic (exact) mass is 363 g/mol. The number of carbonyl (C=O) groups excluding carboxylic acids is 1. The average molecular weight is 363 g/mol. The Bertz CT molecular complexity index is 948. The molecule has 1 fully saturated rings. The van der Waals surface area contributed by atoms with Crippen molar-refractivity contribution in [1.82, 2.24) is 19.9 Å². The number of methoxy groups -OCH3 is 1. The number of hydrogen-bond acceptors (Lipinski definition) is 5. The van der Waals surface area contributed by atoms with Gasteiger partial charge < -0.3 is 15.0 Å². The molecule has 1 N–H and O–H groups in total. The van der Waals surface area contributed by atoms with E-state index < -0.39 is 0 Å². The van der Waals surface area contributed by atoms with Gasteiger partial charge in [0, 0.05) is 48.5 Å². The van der Waals surface area contributed by atoms with E-state index >= 15 is 0 Å². The molecule has 138 valence electrons. The number of anilines is 1. The Kier molecular flexibility index (Phi) is 4.82. The van der Waals surface area contributed by atoms with Crippen molar-refractivity contribution in [1.29, 1.82) is 0 Å². The van der Waals surface area contributed by atoms with Crippen LogP contribution in [0.2, 0.25) is 0 Å². The van der Waals surface area contributed by atoms with Gasteiger partial charge in [0.25, 0.3) is 0 Å². The number of aromatic nitrogens is 3. The number of ether oxygens (including phenoxy) is 1. The van der Waals surface area contributed by atoms with Crippen molar-refractivity contribution in [2.24, 2.45) is 0 Å². The molecule has 4 rings (SSSR count). The van der Waals surface area contributed by atoms with Crippen molar-refractivity contribution in [3.05, 3.63) is 54.7 Å². The van der Waals surface area contributed by atoms with Crippen molar-refractivity contribution >= 4 is 22.6 Å². The summed E-state index contributed by atoms with van der Waals surface area (Å²) in [5.74, 6) is 0.913. The zero-order valence-corrected chi connectivity index (χ0v) is 15.1. The Hall–Kier alpha value is -3.22. The average Bonchev–Trinajstić information content (AvgIpc) is 2.74. The van der Waals surface area contributed by atoms with Crippen LogP contribution < -0.4 is 10.1 Å². The summed E-state index contributed by atoms with van der Waals surface area (Å²) >= 11 is 0. The van der Waals surface area contributed by atoms with Crippen LogP contribution in [0, 0.1) is 0 Å². The Morgan fingerprint density at radius 1 is 1.26 bits per heavy atom. The number of pyridine rings is 1. The molecule has 0 spiro atoms. The second-order valence-corrected chi connectivity index (χ2v) is 6.60. The summed E-state index contributed by atoms with van der Waals surface area (Å²) in [6, 6.07) is 9.32. The van der Waals surface area contributed by atoms with E-state index in [2.05, 4.69) is 20.3 Å². The first kappa shape index (κ1) is 17.2. The molecule has 0 unspecified atom stereocenters. The highest BCUT2D eigenvalue weighted by molar-refractivity contribution is 6.00. The van der Waals surface area contributed by atoms with Gasteiger partial charge in [-0.2, -0.15) is 0 Å². The highest BCUT2D eigenvalue weighted by Crippen LogP contribution is 2.29. The van der Waals surface area contributed by atoms with E-state index in [1.165, 1.54) is 0 Å². The fourth-order valence-electron chi connectivity index (χ4n) is 3.52. The summed E-state index contributed by atoms with van der Waals surface area (Å²) in [4.78, 5) is 27.5. The lowest BCUT2D eigenvalue weighted by Gasteiger charge is -2.32. The number of rotatable bonds is 3. The van der Waals surface area contributed by atoms with Gasteiger partial charge in [-0.3, -0.25) is 4.98 Å². The van der Waals surface area contributed by atoms with E-state index in [9.17, 15) is 4.79 Å². The van der Waals surface area contributed by atoms with Crippen LogP contribution in [0.1, 0.15) is 24.5 Å². The molecule has 27 heavy (non-hydrogen) atoms. The number of benzene rings is 1. The second kappa shape index (κ2) is 7.57. The molecular formula is C20H21N5O2. The van der Waals surface area contributed by atoms with Crippen LogP contribution in [-0.2, 0) is 0 Å². The van der Waals surface area contributed by atoms with Gasteiger partial charge in [-0.1, -0.05) is 6.07 Å². The second-order valence-electron chi connectivity index (χ2n) is 6.60. The van der Waals surface area contributed by atoms with Gasteiger partial charge in [-0.25, -0.2) is 14.8 Å². The summed E-state index contributed by atoms with van der Waals surface area (Å²) in [5.41, 5.74) is 2.38. The molecule has 1 aliphatic rings. The van der Waals surface area contributed by atoms with Gasteiger partial charge in [0.15, 0.2) is 0 Å². The van der Waals surface area contributed by atoms with Gasteiger partial charge in [0.2, 0.25) is 0 Å². The molecule has 7 nitrogen and oxygen atoms in total. The number of piperidine rings is 1. The number of nitrogens with one attached hydrogen (secondary N) is 1. The van der Waals surface area contributed by atoms with Crippen molar-refractivity contribution in [2.45, 2.75) is 18.8 Å². The Morgan fingerprint density at radius 2 is 2.19 bits per heavy atom. The van der Waals surface area contributed by atoms with Gasteiger partial charge in [-0.15, -0.1) is 0 Å².